The summed E-state index contributed by atoms with van der Waals surface area (Å²) in [5, 5.41) is 30.7. The maximum absolute atomic E-state index is 12.9. The first-order valence-corrected chi connectivity index (χ1v) is 26.1. The highest BCUT2D eigenvalue weighted by Crippen LogP contribution is 2.26. The van der Waals surface area contributed by atoms with Gasteiger partial charge in [0.15, 0.2) is 6.29 Å². The van der Waals surface area contributed by atoms with Crippen LogP contribution in [0.4, 0.5) is 0 Å². The molecule has 1 rings (SSSR count). The SMILES string of the molecule is CC/C=C\C/C=C\C/C=C\C/C=C\C/C=C\CCCCCCCCCCCC(=O)OC(COCCCCCCCC/C=C\CCCC)COC1OC(CO)C(O)C(OS(=O)(=O)O)C1O. The van der Waals surface area contributed by atoms with E-state index in [-0.39, 0.29) is 19.6 Å². The highest BCUT2D eigenvalue weighted by molar-refractivity contribution is 7.80. The molecule has 6 unspecified atom stereocenters. The van der Waals surface area contributed by atoms with Gasteiger partial charge in [-0.05, 0) is 77.0 Å². The van der Waals surface area contributed by atoms with Gasteiger partial charge in [-0.25, -0.2) is 4.18 Å². The topological polar surface area (TPSA) is 178 Å². The molecule has 6 atom stereocenters. The van der Waals surface area contributed by atoms with Gasteiger partial charge >= 0.3 is 16.4 Å². The molecule has 13 heteroatoms. The normalized spacial score (nSPS) is 20.4. The number of aliphatic hydroxyl groups excluding tert-OH is 3. The van der Waals surface area contributed by atoms with Crippen LogP contribution in [0.15, 0.2) is 72.9 Å². The van der Waals surface area contributed by atoms with Crippen LogP contribution in [0.2, 0.25) is 0 Å². The van der Waals surface area contributed by atoms with E-state index in [1.807, 2.05) is 0 Å². The molecule has 0 amide bonds. The number of rotatable bonds is 42. The van der Waals surface area contributed by atoms with Gasteiger partial charge < -0.3 is 34.3 Å². The monoisotopic (exact) mass is 925 g/mol. The zero-order valence-corrected chi connectivity index (χ0v) is 40.4. The van der Waals surface area contributed by atoms with Crippen molar-refractivity contribution in [2.24, 2.45) is 0 Å². The van der Waals surface area contributed by atoms with E-state index >= 15 is 0 Å². The molecule has 4 N–H and O–H groups in total. The quantitative estimate of drug-likeness (QED) is 0.0197. The minimum absolute atomic E-state index is 0.0260. The van der Waals surface area contributed by atoms with Crippen molar-refractivity contribution < 1.29 is 56.2 Å². The van der Waals surface area contributed by atoms with E-state index in [1.54, 1.807) is 0 Å². The van der Waals surface area contributed by atoms with Gasteiger partial charge in [0.25, 0.3) is 0 Å². The summed E-state index contributed by atoms with van der Waals surface area (Å²) < 4.78 is 59.1. The Kier molecular flexibility index (Phi) is 39.0. The molecule has 1 heterocycles. The van der Waals surface area contributed by atoms with Crippen molar-refractivity contribution in [3.05, 3.63) is 72.9 Å². The van der Waals surface area contributed by atoms with E-state index in [1.165, 1.54) is 64.2 Å². The molecule has 0 spiro atoms. The molecule has 0 aromatic rings. The second-order valence-corrected chi connectivity index (χ2v) is 17.7. The van der Waals surface area contributed by atoms with Gasteiger partial charge in [0.2, 0.25) is 0 Å². The highest BCUT2D eigenvalue weighted by atomic mass is 32.3. The van der Waals surface area contributed by atoms with Crippen molar-refractivity contribution in [1.82, 2.24) is 0 Å². The Hall–Kier alpha value is -2.46. The van der Waals surface area contributed by atoms with E-state index in [0.717, 1.165) is 89.9 Å². The van der Waals surface area contributed by atoms with Crippen LogP contribution in [0.3, 0.4) is 0 Å². The lowest BCUT2D eigenvalue weighted by Crippen LogP contribution is -2.60. The number of esters is 1. The number of carbonyl (C=O) groups is 1. The number of hydrogen-bond acceptors (Lipinski definition) is 11. The molecule has 1 saturated heterocycles. The average molecular weight is 925 g/mol. The van der Waals surface area contributed by atoms with E-state index in [4.69, 9.17) is 18.9 Å². The van der Waals surface area contributed by atoms with Gasteiger partial charge in [-0.15, -0.1) is 0 Å². The summed E-state index contributed by atoms with van der Waals surface area (Å²) in [5.41, 5.74) is 0. The Bertz CT molecular complexity index is 1390. The second-order valence-electron chi connectivity index (χ2n) is 16.7. The zero-order valence-electron chi connectivity index (χ0n) is 39.6. The van der Waals surface area contributed by atoms with Crippen LogP contribution in [0, 0.1) is 0 Å². The third kappa shape index (κ3) is 34.8. The minimum atomic E-state index is -5.07. The second kappa shape index (κ2) is 41.9. The Labute approximate surface area is 388 Å². The van der Waals surface area contributed by atoms with Gasteiger partial charge in [0, 0.05) is 13.0 Å². The van der Waals surface area contributed by atoms with Crippen molar-refractivity contribution in [2.75, 3.05) is 26.4 Å². The fraction of sp³-hybridized carbons (Fsp3) is 0.745. The van der Waals surface area contributed by atoms with Crippen molar-refractivity contribution in [1.29, 1.82) is 0 Å². The number of allylic oxidation sites excluding steroid dienone is 12. The molecule has 0 saturated carbocycles. The van der Waals surface area contributed by atoms with Crippen molar-refractivity contribution in [3.63, 3.8) is 0 Å². The number of ether oxygens (including phenoxy) is 4. The summed E-state index contributed by atoms with van der Waals surface area (Å²) >= 11 is 0. The smallest absolute Gasteiger partial charge is 0.397 e. The first kappa shape index (κ1) is 59.6. The fourth-order valence-electron chi connectivity index (χ4n) is 7.09. The number of aliphatic hydroxyl groups is 3. The molecule has 370 valence electrons. The molecule has 0 radical (unpaired) electrons. The first-order valence-electron chi connectivity index (χ1n) is 24.7. The summed E-state index contributed by atoms with van der Waals surface area (Å²) in [6.45, 7) is 3.81. The van der Waals surface area contributed by atoms with E-state index in [9.17, 15) is 33.1 Å². The van der Waals surface area contributed by atoms with Crippen LogP contribution < -0.4 is 0 Å². The van der Waals surface area contributed by atoms with Crippen LogP contribution >= 0.6 is 0 Å². The summed E-state index contributed by atoms with van der Waals surface area (Å²) in [7, 11) is -5.07. The Balaban J connectivity index is 2.34. The van der Waals surface area contributed by atoms with E-state index < -0.39 is 59.8 Å². The van der Waals surface area contributed by atoms with Crippen molar-refractivity contribution in [2.45, 2.75) is 218 Å². The van der Waals surface area contributed by atoms with Gasteiger partial charge in [-0.3, -0.25) is 9.35 Å². The minimum Gasteiger partial charge on any atom is -0.457 e. The lowest BCUT2D eigenvalue weighted by Gasteiger charge is -2.41. The Morgan fingerprint density at radius 2 is 1.08 bits per heavy atom. The predicted octanol–water partition coefficient (Wildman–Crippen LogP) is 11.1. The molecule has 1 fully saturated rings. The summed E-state index contributed by atoms with van der Waals surface area (Å²) in [5.74, 6) is -0.411. The van der Waals surface area contributed by atoms with Crippen molar-refractivity contribution >= 4 is 16.4 Å². The molecule has 1 aliphatic heterocycles. The lowest BCUT2D eigenvalue weighted by atomic mass is 9.99. The molecular formula is C51H88O12S. The molecule has 0 aromatic heterocycles. The van der Waals surface area contributed by atoms with Crippen LogP contribution in [0.1, 0.15) is 181 Å². The predicted molar refractivity (Wildman–Crippen MR) is 257 cm³/mol. The number of hydrogen-bond donors (Lipinski definition) is 4. The zero-order chi connectivity index (χ0) is 46.8. The Morgan fingerprint density at radius 3 is 1.59 bits per heavy atom. The molecule has 0 bridgehead atoms. The largest absolute Gasteiger partial charge is 0.457 e. The molecular weight excluding hydrogens is 837 g/mol. The standard InChI is InChI=1S/C51H88O12S/c1-3-5-7-9-11-13-15-17-18-19-20-21-22-23-24-25-26-27-28-29-30-32-34-36-38-40-47(53)61-45(43-59-41-39-37-35-33-31-16-14-12-10-8-6-4-2)44-60-51-49(55)50(63-64(56,57)58)48(54)46(42-52)62-51/h5,7,10-13,17-18,20-21,23-24,45-46,48-52,54-55H,3-4,6,8-9,14-16,19,22,25-44H2,1-2H3,(H,56,57,58)/b7-5-,12-10-,13-11-,18-17-,21-20-,24-23-. The molecule has 64 heavy (non-hydrogen) atoms. The van der Waals surface area contributed by atoms with Crippen LogP contribution in [0.25, 0.3) is 0 Å². The third-order valence-corrected chi connectivity index (χ3v) is 11.3. The maximum atomic E-state index is 12.9. The Morgan fingerprint density at radius 1 is 0.609 bits per heavy atom. The first-order chi connectivity index (χ1) is 31.1. The van der Waals surface area contributed by atoms with Gasteiger partial charge in [-0.2, -0.15) is 8.42 Å². The van der Waals surface area contributed by atoms with Crippen LogP contribution in [-0.2, 0) is 38.3 Å². The lowest BCUT2D eigenvalue weighted by molar-refractivity contribution is -0.301. The van der Waals surface area contributed by atoms with Gasteiger partial charge in [0.1, 0.15) is 30.5 Å². The van der Waals surface area contributed by atoms with E-state index in [2.05, 4.69) is 90.9 Å². The summed E-state index contributed by atoms with van der Waals surface area (Å²) in [6.07, 6.45) is 45.1. The van der Waals surface area contributed by atoms with Crippen LogP contribution in [0.5, 0.6) is 0 Å². The molecule has 1 aliphatic rings. The van der Waals surface area contributed by atoms with Gasteiger partial charge in [0.05, 0.1) is 19.8 Å². The fourth-order valence-corrected chi connectivity index (χ4v) is 7.60. The van der Waals surface area contributed by atoms with Crippen LogP contribution in [-0.4, -0.2) is 97.5 Å². The van der Waals surface area contributed by atoms with E-state index in [0.29, 0.717) is 13.0 Å². The van der Waals surface area contributed by atoms with Crippen molar-refractivity contribution in [3.8, 4) is 0 Å². The molecule has 0 aromatic carbocycles. The third-order valence-electron chi connectivity index (χ3n) is 10.8. The molecule has 12 nitrogen and oxygen atoms in total. The highest BCUT2D eigenvalue weighted by Gasteiger charge is 2.48. The maximum Gasteiger partial charge on any atom is 0.397 e. The summed E-state index contributed by atoms with van der Waals surface area (Å²) in [6, 6.07) is 0. The number of carbonyl (C=O) groups excluding carboxylic acids is 1. The van der Waals surface area contributed by atoms with Gasteiger partial charge in [-0.1, -0.05) is 170 Å². The number of unbranched alkanes of at least 4 members (excludes halogenated alkanes) is 17. The summed E-state index contributed by atoms with van der Waals surface area (Å²) in [4.78, 5) is 12.9. The molecule has 0 aliphatic carbocycles. The average Bonchev–Trinajstić information content (AvgIpc) is 3.27.